The van der Waals surface area contributed by atoms with Crippen molar-refractivity contribution in [2.75, 3.05) is 0 Å². The zero-order valence-electron chi connectivity index (χ0n) is 10.2. The number of rotatable bonds is 2. The molecule has 108 valence electrons. The van der Waals surface area contributed by atoms with Crippen molar-refractivity contribution in [3.63, 3.8) is 0 Å². The Kier molecular flexibility index (Phi) is 4.19. The van der Waals surface area contributed by atoms with E-state index in [1.54, 1.807) is 13.8 Å². The average Bonchev–Trinajstić information content (AvgIpc) is 2.24. The van der Waals surface area contributed by atoms with Crippen LogP contribution in [0.1, 0.15) is 36.6 Å². The standard InChI is InChI=1S/C12H13F6N/c1-6(2)10(19)8-5-7(11(13,14)15)3-4-9(8)12(16,17)18/h3-6,10H,19H2,1-2H3. The molecule has 0 aliphatic rings. The minimum atomic E-state index is -4.73. The zero-order chi connectivity index (χ0) is 15.0. The summed E-state index contributed by atoms with van der Waals surface area (Å²) in [5.74, 6) is -0.412. The SMILES string of the molecule is CC(C)C(N)c1cc(C(F)(F)F)ccc1C(F)(F)F. The summed E-state index contributed by atoms with van der Waals surface area (Å²) in [6.07, 6.45) is -9.43. The number of hydrogen-bond donors (Lipinski definition) is 1. The number of hydrogen-bond acceptors (Lipinski definition) is 1. The van der Waals surface area contributed by atoms with E-state index in [9.17, 15) is 26.3 Å². The van der Waals surface area contributed by atoms with Gasteiger partial charge in [0.25, 0.3) is 0 Å². The summed E-state index contributed by atoms with van der Waals surface area (Å²) in [4.78, 5) is 0. The summed E-state index contributed by atoms with van der Waals surface area (Å²) in [5.41, 5.74) is 2.79. The van der Waals surface area contributed by atoms with E-state index in [1.165, 1.54) is 0 Å². The predicted octanol–water partition coefficient (Wildman–Crippen LogP) is 4.38. The molecule has 0 aliphatic heterocycles. The third-order valence-corrected chi connectivity index (χ3v) is 2.76. The van der Waals surface area contributed by atoms with Gasteiger partial charge in [-0.1, -0.05) is 13.8 Å². The maximum Gasteiger partial charge on any atom is 0.416 e. The smallest absolute Gasteiger partial charge is 0.324 e. The van der Waals surface area contributed by atoms with Crippen LogP contribution in [-0.2, 0) is 12.4 Å². The lowest BCUT2D eigenvalue weighted by atomic mass is 9.91. The number of halogens is 6. The molecule has 7 heteroatoms. The fourth-order valence-electron chi connectivity index (χ4n) is 1.63. The van der Waals surface area contributed by atoms with E-state index in [0.717, 1.165) is 0 Å². The molecular formula is C12H13F6N. The molecule has 0 saturated heterocycles. The first kappa shape index (κ1) is 15.8. The lowest BCUT2D eigenvalue weighted by Gasteiger charge is -2.22. The van der Waals surface area contributed by atoms with Crippen LogP contribution in [0.15, 0.2) is 18.2 Å². The second-order valence-electron chi connectivity index (χ2n) is 4.57. The molecule has 1 aromatic rings. The first-order valence-electron chi connectivity index (χ1n) is 5.48. The fourth-order valence-corrected chi connectivity index (χ4v) is 1.63. The van der Waals surface area contributed by atoms with Crippen molar-refractivity contribution in [1.29, 1.82) is 0 Å². The molecule has 0 bridgehead atoms. The van der Waals surface area contributed by atoms with E-state index < -0.39 is 41.0 Å². The normalized spacial score (nSPS) is 14.8. The third-order valence-electron chi connectivity index (χ3n) is 2.76. The Bertz CT molecular complexity index is 447. The van der Waals surface area contributed by atoms with Gasteiger partial charge in [-0.3, -0.25) is 0 Å². The van der Waals surface area contributed by atoms with Crippen LogP contribution in [0, 0.1) is 5.92 Å². The van der Waals surface area contributed by atoms with Gasteiger partial charge in [0.05, 0.1) is 11.1 Å². The van der Waals surface area contributed by atoms with Crippen molar-refractivity contribution in [2.45, 2.75) is 32.2 Å². The maximum atomic E-state index is 12.8. The van der Waals surface area contributed by atoms with Gasteiger partial charge >= 0.3 is 12.4 Å². The lowest BCUT2D eigenvalue weighted by Crippen LogP contribution is -2.22. The highest BCUT2D eigenvalue weighted by molar-refractivity contribution is 5.37. The molecule has 19 heavy (non-hydrogen) atoms. The summed E-state index contributed by atoms with van der Waals surface area (Å²) in [6, 6.07) is 0.215. The number of nitrogens with two attached hydrogens (primary N) is 1. The summed E-state index contributed by atoms with van der Waals surface area (Å²) >= 11 is 0. The van der Waals surface area contributed by atoms with Gasteiger partial charge in [-0.05, 0) is 29.7 Å². The molecule has 0 amide bonds. The highest BCUT2D eigenvalue weighted by atomic mass is 19.4. The topological polar surface area (TPSA) is 26.0 Å². The predicted molar refractivity (Wildman–Crippen MR) is 58.2 cm³/mol. The summed E-state index contributed by atoms with van der Waals surface area (Å²) in [7, 11) is 0. The van der Waals surface area contributed by atoms with E-state index >= 15 is 0 Å². The van der Waals surface area contributed by atoms with Gasteiger partial charge in [-0.2, -0.15) is 26.3 Å². The van der Waals surface area contributed by atoms with E-state index in [2.05, 4.69) is 0 Å². The highest BCUT2D eigenvalue weighted by Crippen LogP contribution is 2.39. The number of benzene rings is 1. The van der Waals surface area contributed by atoms with Crippen LogP contribution in [-0.4, -0.2) is 0 Å². The van der Waals surface area contributed by atoms with Crippen molar-refractivity contribution in [2.24, 2.45) is 11.7 Å². The van der Waals surface area contributed by atoms with Gasteiger partial charge in [0, 0.05) is 6.04 Å². The van der Waals surface area contributed by atoms with Gasteiger partial charge in [0.15, 0.2) is 0 Å². The Morgan fingerprint density at radius 3 is 1.84 bits per heavy atom. The average molecular weight is 285 g/mol. The highest BCUT2D eigenvalue weighted by Gasteiger charge is 2.38. The van der Waals surface area contributed by atoms with Crippen LogP contribution in [0.25, 0.3) is 0 Å². The van der Waals surface area contributed by atoms with E-state index in [0.29, 0.717) is 18.2 Å². The molecule has 0 spiro atoms. The van der Waals surface area contributed by atoms with Gasteiger partial charge in [-0.15, -0.1) is 0 Å². The molecule has 0 radical (unpaired) electrons. The Morgan fingerprint density at radius 2 is 1.47 bits per heavy atom. The van der Waals surface area contributed by atoms with Crippen molar-refractivity contribution in [3.8, 4) is 0 Å². The van der Waals surface area contributed by atoms with Crippen molar-refractivity contribution >= 4 is 0 Å². The van der Waals surface area contributed by atoms with Gasteiger partial charge in [0.1, 0.15) is 0 Å². The Morgan fingerprint density at radius 1 is 0.947 bits per heavy atom. The second kappa shape index (κ2) is 5.03. The van der Waals surface area contributed by atoms with Crippen LogP contribution in [0.4, 0.5) is 26.3 Å². The molecule has 2 N–H and O–H groups in total. The Balaban J connectivity index is 3.44. The summed E-state index contributed by atoms with van der Waals surface area (Å²) in [5, 5.41) is 0. The van der Waals surface area contributed by atoms with Crippen LogP contribution in [0.2, 0.25) is 0 Å². The fraction of sp³-hybridized carbons (Fsp3) is 0.500. The van der Waals surface area contributed by atoms with Crippen molar-refractivity contribution in [3.05, 3.63) is 34.9 Å². The van der Waals surface area contributed by atoms with Crippen LogP contribution in [0.3, 0.4) is 0 Å². The molecule has 1 unspecified atom stereocenters. The monoisotopic (exact) mass is 285 g/mol. The summed E-state index contributed by atoms with van der Waals surface area (Å²) in [6.45, 7) is 3.09. The van der Waals surface area contributed by atoms with Gasteiger partial charge in [0.2, 0.25) is 0 Å². The Labute approximate surface area is 106 Å². The van der Waals surface area contributed by atoms with E-state index in [-0.39, 0.29) is 0 Å². The molecule has 1 aromatic carbocycles. The molecule has 0 heterocycles. The van der Waals surface area contributed by atoms with E-state index in [1.807, 2.05) is 0 Å². The maximum absolute atomic E-state index is 12.8. The molecule has 0 aliphatic carbocycles. The zero-order valence-corrected chi connectivity index (χ0v) is 10.2. The minimum Gasteiger partial charge on any atom is -0.324 e. The first-order chi connectivity index (χ1) is 8.44. The molecule has 1 rings (SSSR count). The molecular weight excluding hydrogens is 272 g/mol. The molecule has 0 saturated carbocycles. The molecule has 1 atom stereocenters. The lowest BCUT2D eigenvalue weighted by molar-refractivity contribution is -0.142. The molecule has 0 fully saturated rings. The van der Waals surface area contributed by atoms with Crippen molar-refractivity contribution < 1.29 is 26.3 Å². The van der Waals surface area contributed by atoms with Gasteiger partial charge < -0.3 is 5.73 Å². The second-order valence-corrected chi connectivity index (χ2v) is 4.57. The number of alkyl halides is 6. The minimum absolute atomic E-state index is 0.412. The van der Waals surface area contributed by atoms with Crippen LogP contribution >= 0.6 is 0 Å². The largest absolute Gasteiger partial charge is 0.416 e. The Hall–Kier alpha value is -1.24. The quantitative estimate of drug-likeness (QED) is 0.802. The first-order valence-corrected chi connectivity index (χ1v) is 5.48. The van der Waals surface area contributed by atoms with Crippen LogP contribution < -0.4 is 5.73 Å². The van der Waals surface area contributed by atoms with Gasteiger partial charge in [-0.25, -0.2) is 0 Å². The third kappa shape index (κ3) is 3.62. The molecule has 1 nitrogen and oxygen atoms in total. The van der Waals surface area contributed by atoms with Crippen LogP contribution in [0.5, 0.6) is 0 Å². The summed E-state index contributed by atoms with van der Waals surface area (Å²) < 4.78 is 75.9. The molecule has 0 aromatic heterocycles. The van der Waals surface area contributed by atoms with Crippen molar-refractivity contribution in [1.82, 2.24) is 0 Å². The van der Waals surface area contributed by atoms with E-state index in [4.69, 9.17) is 5.73 Å².